The number of aryl methyl sites for hydroxylation is 2. The molecule has 0 N–H and O–H groups in total. The van der Waals surface area contributed by atoms with Gasteiger partial charge in [0.1, 0.15) is 0 Å². The Morgan fingerprint density at radius 3 is 1.71 bits per heavy atom. The Morgan fingerprint density at radius 1 is 0.367 bits per heavy atom. The van der Waals surface area contributed by atoms with Crippen LogP contribution in [0.1, 0.15) is 47.2 Å². The molecule has 8 aromatic carbocycles. The first kappa shape index (κ1) is 29.7. The van der Waals surface area contributed by atoms with Crippen molar-refractivity contribution in [1.29, 1.82) is 0 Å². The molecule has 1 aliphatic rings. The third-order valence-corrected chi connectivity index (χ3v) is 11.6. The smallest absolute Gasteiger partial charge is 0.0159 e. The van der Waals surface area contributed by atoms with Crippen molar-refractivity contribution in [2.45, 2.75) is 47.0 Å². The van der Waals surface area contributed by atoms with Crippen LogP contribution in [0.25, 0.3) is 76.8 Å². The monoisotopic (exact) mass is 628 g/mol. The molecular formula is C49H40. The zero-order chi connectivity index (χ0) is 33.6. The molecule has 1 aliphatic carbocycles. The van der Waals surface area contributed by atoms with E-state index in [1.54, 1.807) is 0 Å². The van der Waals surface area contributed by atoms with Crippen LogP contribution in [0.2, 0.25) is 0 Å². The summed E-state index contributed by atoms with van der Waals surface area (Å²) in [5, 5.41) is 7.74. The third kappa shape index (κ3) is 4.30. The topological polar surface area (TPSA) is 0 Å². The van der Waals surface area contributed by atoms with E-state index in [1.165, 1.54) is 110 Å². The molecule has 0 nitrogen and oxygen atoms in total. The lowest BCUT2D eigenvalue weighted by Crippen LogP contribution is -2.14. The maximum atomic E-state index is 2.48. The second-order valence-corrected chi connectivity index (χ2v) is 14.7. The molecule has 0 amide bonds. The summed E-state index contributed by atoms with van der Waals surface area (Å²) in [6.45, 7) is 13.9. The molecule has 236 valence electrons. The lowest BCUT2D eigenvalue weighted by molar-refractivity contribution is 0.660. The van der Waals surface area contributed by atoms with Gasteiger partial charge in [0.2, 0.25) is 0 Å². The number of fused-ring (bicyclic) bond motifs is 6. The Balaban J connectivity index is 1.46. The predicted octanol–water partition coefficient (Wildman–Crippen LogP) is 13.7. The van der Waals surface area contributed by atoms with Crippen LogP contribution in [0.4, 0.5) is 0 Å². The molecule has 0 saturated carbocycles. The Kier molecular flexibility index (Phi) is 6.52. The molecule has 49 heavy (non-hydrogen) atoms. The van der Waals surface area contributed by atoms with Gasteiger partial charge in [-0.15, -0.1) is 0 Å². The maximum absolute atomic E-state index is 2.48. The predicted molar refractivity (Wildman–Crippen MR) is 212 cm³/mol. The molecule has 0 aromatic heterocycles. The van der Waals surface area contributed by atoms with Gasteiger partial charge in [0, 0.05) is 5.41 Å². The highest BCUT2D eigenvalue weighted by Crippen LogP contribution is 2.55. The van der Waals surface area contributed by atoms with Crippen molar-refractivity contribution in [3.63, 3.8) is 0 Å². The molecule has 0 aliphatic heterocycles. The first-order valence-electron chi connectivity index (χ1n) is 17.5. The van der Waals surface area contributed by atoms with Crippen molar-refractivity contribution in [1.82, 2.24) is 0 Å². The highest BCUT2D eigenvalue weighted by atomic mass is 14.4. The molecule has 8 aromatic rings. The molecule has 9 rings (SSSR count). The fraction of sp³-hybridized carbons (Fsp3) is 0.143. The molecule has 0 unspecified atom stereocenters. The van der Waals surface area contributed by atoms with Crippen molar-refractivity contribution < 1.29 is 0 Å². The van der Waals surface area contributed by atoms with E-state index in [-0.39, 0.29) is 5.41 Å². The van der Waals surface area contributed by atoms with Crippen molar-refractivity contribution >= 4 is 32.3 Å². The summed E-state index contributed by atoms with van der Waals surface area (Å²) in [4.78, 5) is 0. The highest BCUT2D eigenvalue weighted by molar-refractivity contribution is 6.24. The average Bonchev–Trinajstić information content (AvgIpc) is 3.36. The van der Waals surface area contributed by atoms with Gasteiger partial charge in [0.05, 0.1) is 0 Å². The summed E-state index contributed by atoms with van der Waals surface area (Å²) < 4.78 is 0. The number of rotatable bonds is 3. The average molecular weight is 629 g/mol. The fourth-order valence-corrected chi connectivity index (χ4v) is 8.84. The standard InChI is InChI=1S/C49H40/c1-29-26-30(2)32(4)45(31(29)3)48-38-17-10-9-16-37(38)46(41-19-13-21-44-47(41)40-18-11-12-20-43(40)49(44,5)6)42-28-36(24-25-39(42)48)35-23-22-33-14-7-8-15-34(33)27-35/h7-28H,1-6H3. The SMILES string of the molecule is Cc1cc(C)c(C)c(-c2c3ccccc3c(-c3cccc4c3-c3ccccc3C4(C)C)c3cc(-c4ccc5ccccc5c4)ccc23)c1C. The van der Waals surface area contributed by atoms with E-state index >= 15 is 0 Å². The van der Waals surface area contributed by atoms with Crippen LogP contribution in [0.5, 0.6) is 0 Å². The van der Waals surface area contributed by atoms with Crippen LogP contribution in [0.3, 0.4) is 0 Å². The summed E-state index contributed by atoms with van der Waals surface area (Å²) in [6.07, 6.45) is 0. The molecule has 0 heterocycles. The minimum atomic E-state index is -0.0724. The minimum absolute atomic E-state index is 0.0724. The van der Waals surface area contributed by atoms with Crippen LogP contribution < -0.4 is 0 Å². The number of hydrogen-bond donors (Lipinski definition) is 0. The summed E-state index contributed by atoms with van der Waals surface area (Å²) in [5.41, 5.74) is 18.7. The van der Waals surface area contributed by atoms with Gasteiger partial charge >= 0.3 is 0 Å². The second kappa shape index (κ2) is 10.8. The van der Waals surface area contributed by atoms with Gasteiger partial charge in [-0.05, 0) is 150 Å². The molecule has 0 bridgehead atoms. The maximum Gasteiger partial charge on any atom is 0.0159 e. The fourth-order valence-electron chi connectivity index (χ4n) is 8.84. The Hall–Kier alpha value is -5.46. The summed E-state index contributed by atoms with van der Waals surface area (Å²) in [6, 6.07) is 50.3. The van der Waals surface area contributed by atoms with Gasteiger partial charge in [0.15, 0.2) is 0 Å². The first-order valence-corrected chi connectivity index (χ1v) is 17.5. The molecule has 0 fully saturated rings. The van der Waals surface area contributed by atoms with E-state index in [4.69, 9.17) is 0 Å². The van der Waals surface area contributed by atoms with Crippen LogP contribution in [0.15, 0.2) is 133 Å². The lowest BCUT2D eigenvalue weighted by atomic mass is 9.79. The van der Waals surface area contributed by atoms with E-state index in [1.807, 2.05) is 0 Å². The van der Waals surface area contributed by atoms with E-state index in [0.29, 0.717) is 0 Å². The molecule has 0 atom stereocenters. The molecular weight excluding hydrogens is 589 g/mol. The van der Waals surface area contributed by atoms with Crippen LogP contribution >= 0.6 is 0 Å². The van der Waals surface area contributed by atoms with E-state index < -0.39 is 0 Å². The Labute approximate surface area is 289 Å². The van der Waals surface area contributed by atoms with Crippen LogP contribution in [-0.4, -0.2) is 0 Å². The molecule has 0 radical (unpaired) electrons. The normalized spacial score (nSPS) is 13.3. The summed E-state index contributed by atoms with van der Waals surface area (Å²) in [7, 11) is 0. The molecule has 0 spiro atoms. The summed E-state index contributed by atoms with van der Waals surface area (Å²) >= 11 is 0. The van der Waals surface area contributed by atoms with E-state index in [2.05, 4.69) is 175 Å². The van der Waals surface area contributed by atoms with Gasteiger partial charge in [-0.3, -0.25) is 0 Å². The Bertz CT molecular complexity index is 2640. The second-order valence-electron chi connectivity index (χ2n) is 14.7. The van der Waals surface area contributed by atoms with Crippen molar-refractivity contribution in [3.05, 3.63) is 167 Å². The minimum Gasteiger partial charge on any atom is -0.0619 e. The Morgan fingerprint density at radius 2 is 0.939 bits per heavy atom. The van der Waals surface area contributed by atoms with Crippen molar-refractivity contribution in [3.8, 4) is 44.5 Å². The zero-order valence-electron chi connectivity index (χ0n) is 29.2. The highest BCUT2D eigenvalue weighted by Gasteiger charge is 2.37. The largest absolute Gasteiger partial charge is 0.0619 e. The van der Waals surface area contributed by atoms with Crippen molar-refractivity contribution in [2.75, 3.05) is 0 Å². The van der Waals surface area contributed by atoms with Crippen LogP contribution in [0, 0.1) is 27.7 Å². The third-order valence-electron chi connectivity index (χ3n) is 11.6. The van der Waals surface area contributed by atoms with Gasteiger partial charge in [-0.25, -0.2) is 0 Å². The van der Waals surface area contributed by atoms with E-state index in [9.17, 15) is 0 Å². The quantitative estimate of drug-likeness (QED) is 0.171. The molecule has 0 saturated heterocycles. The van der Waals surface area contributed by atoms with Gasteiger partial charge in [-0.2, -0.15) is 0 Å². The first-order chi connectivity index (χ1) is 23.7. The zero-order valence-corrected chi connectivity index (χ0v) is 29.2. The van der Waals surface area contributed by atoms with Crippen LogP contribution in [-0.2, 0) is 5.41 Å². The number of hydrogen-bond acceptors (Lipinski definition) is 0. The molecule has 0 heteroatoms. The van der Waals surface area contributed by atoms with Gasteiger partial charge in [-0.1, -0.05) is 135 Å². The summed E-state index contributed by atoms with van der Waals surface area (Å²) in [5.74, 6) is 0. The van der Waals surface area contributed by atoms with Crippen molar-refractivity contribution in [2.24, 2.45) is 0 Å². The van der Waals surface area contributed by atoms with Gasteiger partial charge in [0.25, 0.3) is 0 Å². The van der Waals surface area contributed by atoms with Gasteiger partial charge < -0.3 is 0 Å². The lowest BCUT2D eigenvalue weighted by Gasteiger charge is -2.24. The van der Waals surface area contributed by atoms with E-state index in [0.717, 1.165) is 0 Å². The number of benzene rings is 8.